The third-order valence-corrected chi connectivity index (χ3v) is 9.50. The Kier molecular flexibility index (Phi) is 5.36. The summed E-state index contributed by atoms with van der Waals surface area (Å²) in [4.78, 5) is 0. The highest BCUT2D eigenvalue weighted by atomic mass is 20.0. The van der Waals surface area contributed by atoms with Gasteiger partial charge in [0.1, 0.15) is 0 Å². The van der Waals surface area contributed by atoms with Crippen molar-refractivity contribution in [1.29, 1.82) is 0 Å². The van der Waals surface area contributed by atoms with Gasteiger partial charge in [0.05, 0.1) is 0 Å². The number of halogens is 2. The van der Waals surface area contributed by atoms with E-state index in [0.29, 0.717) is 0 Å². The Hall–Kier alpha value is -5.60. The molecular weight excluding hydrogens is 542 g/mol. The highest BCUT2D eigenvalue weighted by Gasteiger charge is 2.24. The van der Waals surface area contributed by atoms with E-state index in [0.717, 1.165) is 0 Å². The van der Waals surface area contributed by atoms with Gasteiger partial charge in [-0.25, -0.2) is 0 Å². The largest absolute Gasteiger partial charge is 0.0622 e. The van der Waals surface area contributed by atoms with E-state index in [1.54, 1.807) is 0 Å². The molecular formula is C42H24F2. The summed E-state index contributed by atoms with van der Waals surface area (Å²) in [6, 6.07) is 54.1. The lowest BCUT2D eigenvalue weighted by Gasteiger charge is -2.17. The summed E-state index contributed by atoms with van der Waals surface area (Å²) in [5.41, 5.74) is 5.18. The van der Waals surface area contributed by atoms with Crippen LogP contribution >= 0.6 is 0 Å². The summed E-state index contributed by atoms with van der Waals surface area (Å²) in [5.74, 6) is 0. The highest BCUT2D eigenvalue weighted by molar-refractivity contribution is 6.41. The number of hydrogen-bond donors (Lipinski definition) is 0. The Morgan fingerprint density at radius 3 is 1.05 bits per heavy atom. The summed E-state index contributed by atoms with van der Waals surface area (Å²) < 4.78 is 16.0. The number of fused-ring (bicyclic) bond motifs is 7. The van der Waals surface area contributed by atoms with Crippen molar-refractivity contribution < 1.29 is 9.15 Å². The zero-order chi connectivity index (χ0) is 29.4. The van der Waals surface area contributed by atoms with Crippen LogP contribution in [0.15, 0.2) is 146 Å². The van der Waals surface area contributed by atoms with Gasteiger partial charge in [-0.2, -0.15) is 0 Å². The Bertz CT molecular complexity index is 2480. The first-order valence-electron chi connectivity index (χ1n) is 14.8. The molecule has 0 radical (unpaired) electrons. The summed E-state index contributed by atoms with van der Waals surface area (Å²) >= 11 is 0. The van der Waals surface area contributed by atoms with Gasteiger partial charge in [-0.15, -0.1) is 0 Å². The van der Waals surface area contributed by atoms with Crippen LogP contribution < -0.4 is 0 Å². The molecule has 0 atom stereocenters. The first-order valence-corrected chi connectivity index (χ1v) is 14.8. The van der Waals surface area contributed by atoms with Crippen molar-refractivity contribution in [2.45, 2.75) is 0 Å². The van der Waals surface area contributed by atoms with E-state index >= 15 is 0 Å². The van der Waals surface area contributed by atoms with E-state index in [1.165, 1.54) is 97.7 Å². The van der Waals surface area contributed by atoms with Crippen LogP contribution in [0.25, 0.3) is 97.7 Å². The van der Waals surface area contributed by atoms with E-state index in [1.807, 2.05) is 0 Å². The lowest BCUT2D eigenvalue weighted by atomic mass is 9.85. The minimum absolute atomic E-state index is 1.26. The normalized spacial score (nSPS) is 11.9. The Morgan fingerprint density at radius 1 is 0.273 bits per heavy atom. The average Bonchev–Trinajstić information content (AvgIpc) is 3.59. The van der Waals surface area contributed by atoms with E-state index in [2.05, 4.69) is 146 Å². The zero-order valence-corrected chi connectivity index (χ0v) is 23.6. The molecule has 0 saturated carbocycles. The fourth-order valence-corrected chi connectivity index (χ4v) is 7.87. The van der Waals surface area contributed by atoms with Crippen molar-refractivity contribution in [1.82, 2.24) is 0 Å². The number of rotatable bonds is 2. The Morgan fingerprint density at radius 2 is 0.636 bits per heavy atom. The second-order valence-corrected chi connectivity index (χ2v) is 11.6. The van der Waals surface area contributed by atoms with E-state index in [-0.39, 0.29) is 0 Å². The molecule has 0 fully saturated rings. The molecule has 0 unspecified atom stereocenters. The van der Waals surface area contributed by atoms with Crippen LogP contribution in [0.1, 0.15) is 0 Å². The molecule has 10 aromatic rings. The molecule has 0 nitrogen and oxygen atoms in total. The molecule has 0 aliphatic carbocycles. The molecule has 10 aromatic carbocycles. The van der Waals surface area contributed by atoms with Crippen molar-refractivity contribution in [3.05, 3.63) is 146 Å². The van der Waals surface area contributed by atoms with Gasteiger partial charge >= 0.3 is 0 Å². The predicted molar refractivity (Wildman–Crippen MR) is 184 cm³/mol. The van der Waals surface area contributed by atoms with Gasteiger partial charge in [-0.05, 0) is 110 Å². The molecule has 10 rings (SSSR count). The maximum Gasteiger partial charge on any atom is 0 e. The molecule has 0 aromatic heterocycles. The first kappa shape index (κ1) is 24.9. The Labute approximate surface area is 251 Å². The van der Waals surface area contributed by atoms with E-state index < -0.39 is 0 Å². The molecule has 0 aliphatic heterocycles. The van der Waals surface area contributed by atoms with Crippen molar-refractivity contribution in [2.75, 3.05) is 0 Å². The highest BCUT2D eigenvalue weighted by Crippen LogP contribution is 2.52. The van der Waals surface area contributed by atoms with Crippen LogP contribution in [0.3, 0.4) is 0 Å². The summed E-state index contributed by atoms with van der Waals surface area (Å²) in [6.45, 7) is 0. The quantitative estimate of drug-likeness (QED) is 0.195. The van der Waals surface area contributed by atoms with Crippen LogP contribution in [-0.4, -0.2) is 0 Å². The van der Waals surface area contributed by atoms with Gasteiger partial charge in [-0.1, -0.05) is 133 Å². The van der Waals surface area contributed by atoms with E-state index in [4.69, 9.17) is 9.15 Å². The second kappa shape index (κ2) is 9.45. The van der Waals surface area contributed by atoms with Crippen molar-refractivity contribution in [3.8, 4) is 22.3 Å². The van der Waals surface area contributed by atoms with Gasteiger partial charge < -0.3 is 0 Å². The van der Waals surface area contributed by atoms with Crippen LogP contribution in [0.5, 0.6) is 0 Å². The summed E-state index contributed by atoms with van der Waals surface area (Å²) in [5, 5.41) is 18.7. The SMILES string of the molecule is FF.c1ccc(-c2c3cc4c(cc3c(-c3ccccc3)c3c5cccc6cccc(c23)c65)c2cccc3cccc4c32)cc1. The first-order chi connectivity index (χ1) is 21.9. The third-order valence-electron chi connectivity index (χ3n) is 9.50. The van der Waals surface area contributed by atoms with Gasteiger partial charge in [0, 0.05) is 9.15 Å². The second-order valence-electron chi connectivity index (χ2n) is 11.6. The summed E-state index contributed by atoms with van der Waals surface area (Å²) in [7, 11) is 0. The molecule has 0 amide bonds. The van der Waals surface area contributed by atoms with Crippen LogP contribution in [0.2, 0.25) is 0 Å². The average molecular weight is 567 g/mol. The van der Waals surface area contributed by atoms with Crippen LogP contribution in [-0.2, 0) is 0 Å². The van der Waals surface area contributed by atoms with Crippen molar-refractivity contribution in [3.63, 3.8) is 0 Å². The van der Waals surface area contributed by atoms with Crippen molar-refractivity contribution >= 4 is 75.4 Å². The standard InChI is InChI=1S/C42H24.F2/c1-3-11-27(12-4-1)39-35-23-33-29-19-7-15-25-16-8-20-30(37(25)29)34(33)24-36(35)40(28-13-5-2-6-14-28)42-32-22-10-18-26-17-9-21-31(38(26)32)41(39)42;1-2/h1-24H;. The summed E-state index contributed by atoms with van der Waals surface area (Å²) in [6.07, 6.45) is 0. The molecule has 0 heterocycles. The van der Waals surface area contributed by atoms with Gasteiger partial charge in [0.25, 0.3) is 0 Å². The van der Waals surface area contributed by atoms with Gasteiger partial charge in [0.15, 0.2) is 0 Å². The van der Waals surface area contributed by atoms with Crippen molar-refractivity contribution in [2.24, 2.45) is 0 Å². The lowest BCUT2D eigenvalue weighted by molar-refractivity contribution is 0.108. The lowest BCUT2D eigenvalue weighted by Crippen LogP contribution is -1.89. The maximum absolute atomic E-state index is 8.00. The van der Waals surface area contributed by atoms with Crippen LogP contribution in [0, 0.1) is 0 Å². The minimum atomic E-state index is 1.26. The number of hydrogen-bond acceptors (Lipinski definition) is 0. The topological polar surface area (TPSA) is 0 Å². The molecule has 2 heteroatoms. The van der Waals surface area contributed by atoms with E-state index in [9.17, 15) is 0 Å². The van der Waals surface area contributed by atoms with Gasteiger partial charge in [-0.3, -0.25) is 0 Å². The molecule has 0 N–H and O–H groups in total. The zero-order valence-electron chi connectivity index (χ0n) is 23.6. The molecule has 0 spiro atoms. The maximum atomic E-state index is 8.00. The predicted octanol–water partition coefficient (Wildman–Crippen LogP) is 12.8. The smallest absolute Gasteiger partial charge is 0 e. The molecule has 0 aliphatic rings. The fraction of sp³-hybridized carbons (Fsp3) is 0. The molecule has 0 saturated heterocycles. The Balaban J connectivity index is 0.00000133. The molecule has 44 heavy (non-hydrogen) atoms. The monoisotopic (exact) mass is 566 g/mol. The third kappa shape index (κ3) is 3.25. The number of benzene rings is 8. The van der Waals surface area contributed by atoms with Gasteiger partial charge in [0.2, 0.25) is 0 Å². The minimum Gasteiger partial charge on any atom is -0.0622 e. The molecule has 206 valence electrons. The fourth-order valence-electron chi connectivity index (χ4n) is 7.87. The molecule has 0 bridgehead atoms. The van der Waals surface area contributed by atoms with Crippen LogP contribution in [0.4, 0.5) is 9.15 Å².